The molecule has 3 rings (SSSR count). The van der Waals surface area contributed by atoms with Crippen molar-refractivity contribution in [3.63, 3.8) is 0 Å². The summed E-state index contributed by atoms with van der Waals surface area (Å²) < 4.78 is 39.1. The number of alkyl halides is 1. The molecule has 1 aromatic heterocycles. The minimum Gasteiger partial charge on any atom is -0.378 e. The maximum Gasteiger partial charge on any atom is 0.330 e. The second-order valence-electron chi connectivity index (χ2n) is 7.44. The van der Waals surface area contributed by atoms with Crippen LogP contribution in [0.25, 0.3) is 0 Å². The summed E-state index contributed by atoms with van der Waals surface area (Å²) in [6, 6.07) is 1.22. The van der Waals surface area contributed by atoms with Gasteiger partial charge in [-0.2, -0.15) is 0 Å². The smallest absolute Gasteiger partial charge is 0.330 e. The predicted molar refractivity (Wildman–Crippen MR) is 99.2 cm³/mol. The van der Waals surface area contributed by atoms with Gasteiger partial charge in [0.2, 0.25) is 0 Å². The first kappa shape index (κ1) is 21.2. The highest BCUT2D eigenvalue weighted by atomic mass is 19.1. The van der Waals surface area contributed by atoms with Gasteiger partial charge in [-0.05, 0) is 12.8 Å². The molecule has 0 unspecified atom stereocenters. The molecule has 2 aliphatic heterocycles. The lowest BCUT2D eigenvalue weighted by molar-refractivity contribution is -0.160. The molecule has 0 bridgehead atoms. The van der Waals surface area contributed by atoms with Crippen molar-refractivity contribution in [3.05, 3.63) is 33.1 Å². The molecule has 1 spiro atoms. The average Bonchev–Trinajstić information content (AvgIpc) is 3.42. The Labute approximate surface area is 162 Å². The van der Waals surface area contributed by atoms with Gasteiger partial charge in [0.25, 0.3) is 5.56 Å². The van der Waals surface area contributed by atoms with Gasteiger partial charge in [0, 0.05) is 25.5 Å². The maximum atomic E-state index is 14.4. The van der Waals surface area contributed by atoms with E-state index in [1.165, 1.54) is 16.8 Å². The monoisotopic (exact) mass is 400 g/mol. The molecule has 2 aliphatic rings. The largest absolute Gasteiger partial charge is 0.378 e. The molecular weight excluding hydrogens is 371 g/mol. The van der Waals surface area contributed by atoms with E-state index in [1.54, 1.807) is 0 Å². The van der Waals surface area contributed by atoms with Crippen LogP contribution in [0.2, 0.25) is 0 Å². The van der Waals surface area contributed by atoms with Gasteiger partial charge in [-0.15, -0.1) is 0 Å². The van der Waals surface area contributed by atoms with Gasteiger partial charge < -0.3 is 18.9 Å². The molecule has 0 aliphatic carbocycles. The van der Waals surface area contributed by atoms with E-state index in [2.05, 4.69) is 4.98 Å². The van der Waals surface area contributed by atoms with E-state index in [0.717, 1.165) is 25.7 Å². The van der Waals surface area contributed by atoms with Crippen molar-refractivity contribution in [1.82, 2.24) is 9.55 Å². The lowest BCUT2D eigenvalue weighted by Gasteiger charge is -2.32. The molecule has 28 heavy (non-hydrogen) atoms. The van der Waals surface area contributed by atoms with Gasteiger partial charge >= 0.3 is 5.69 Å². The van der Waals surface area contributed by atoms with Crippen molar-refractivity contribution in [2.24, 2.45) is 0 Å². The number of hydrogen-bond donors (Lipinski definition) is 1. The molecule has 0 amide bonds. The first-order chi connectivity index (χ1) is 13.5. The highest BCUT2D eigenvalue weighted by Crippen LogP contribution is 2.55. The second-order valence-corrected chi connectivity index (χ2v) is 7.44. The SMILES string of the molecule is CCCCOC[C@@]1(CF)O[C@@H](n2ccc(=O)[nH]c2=O)[C@]2(CO2)[C@@H]1OCCCC. The molecule has 0 saturated carbocycles. The van der Waals surface area contributed by atoms with Crippen molar-refractivity contribution in [2.75, 3.05) is 33.1 Å². The van der Waals surface area contributed by atoms with Gasteiger partial charge in [-0.25, -0.2) is 9.18 Å². The minimum atomic E-state index is -1.38. The number of ether oxygens (including phenoxy) is 4. The average molecular weight is 400 g/mol. The lowest BCUT2D eigenvalue weighted by Crippen LogP contribution is -2.52. The van der Waals surface area contributed by atoms with Crippen LogP contribution >= 0.6 is 0 Å². The Bertz CT molecular complexity index is 761. The summed E-state index contributed by atoms with van der Waals surface area (Å²) in [5, 5.41) is 0. The summed E-state index contributed by atoms with van der Waals surface area (Å²) in [6.07, 6.45) is 3.27. The number of aromatic nitrogens is 2. The van der Waals surface area contributed by atoms with Crippen LogP contribution < -0.4 is 11.2 Å². The van der Waals surface area contributed by atoms with E-state index in [9.17, 15) is 14.0 Å². The first-order valence-electron chi connectivity index (χ1n) is 9.91. The summed E-state index contributed by atoms with van der Waals surface area (Å²) in [6.45, 7) is 4.44. The van der Waals surface area contributed by atoms with Crippen LogP contribution in [0, 0.1) is 0 Å². The summed E-state index contributed by atoms with van der Waals surface area (Å²) in [4.78, 5) is 25.9. The third-order valence-electron chi connectivity index (χ3n) is 5.26. The van der Waals surface area contributed by atoms with Gasteiger partial charge in [0.1, 0.15) is 12.8 Å². The summed E-state index contributed by atoms with van der Waals surface area (Å²) in [5.74, 6) is 0. The molecule has 1 N–H and O–H groups in total. The standard InChI is InChI=1S/C19H29FN2O6/c1-3-5-9-25-12-18(11-20)15(26-10-6-4-2)19(13-27-19)16(28-18)22-8-7-14(23)21-17(22)24/h7-8,15-16H,3-6,9-13H2,1-2H3,(H,21,23,24)/t15-,16-,18-,19+/m1/s1. The van der Waals surface area contributed by atoms with Gasteiger partial charge in [0.15, 0.2) is 17.4 Å². The number of hydrogen-bond acceptors (Lipinski definition) is 6. The second kappa shape index (κ2) is 8.86. The van der Waals surface area contributed by atoms with Crippen molar-refractivity contribution in [3.8, 4) is 0 Å². The molecule has 8 nitrogen and oxygen atoms in total. The third-order valence-corrected chi connectivity index (χ3v) is 5.26. The number of rotatable bonds is 11. The molecule has 158 valence electrons. The number of nitrogens with zero attached hydrogens (tertiary/aromatic N) is 1. The quantitative estimate of drug-likeness (QED) is 0.447. The Hall–Kier alpha value is -1.55. The van der Waals surface area contributed by atoms with Crippen LogP contribution in [0.1, 0.15) is 45.8 Å². The topological polar surface area (TPSA) is 95.1 Å². The zero-order valence-electron chi connectivity index (χ0n) is 16.4. The fraction of sp³-hybridized carbons (Fsp3) is 0.789. The van der Waals surface area contributed by atoms with Gasteiger partial charge in [-0.1, -0.05) is 26.7 Å². The molecule has 2 fully saturated rings. The Balaban J connectivity index is 1.91. The van der Waals surface area contributed by atoms with Crippen molar-refractivity contribution < 1.29 is 23.3 Å². The molecule has 2 saturated heterocycles. The molecule has 4 atom stereocenters. The Morgan fingerprint density at radius 3 is 2.61 bits per heavy atom. The van der Waals surface area contributed by atoms with Crippen LogP contribution in [0.15, 0.2) is 21.9 Å². The molecule has 3 heterocycles. The number of H-pyrrole nitrogens is 1. The summed E-state index contributed by atoms with van der Waals surface area (Å²) >= 11 is 0. The summed E-state index contributed by atoms with van der Waals surface area (Å²) in [5.41, 5.74) is -3.50. The van der Waals surface area contributed by atoms with E-state index < -0.39 is 41.5 Å². The van der Waals surface area contributed by atoms with Gasteiger partial charge in [-0.3, -0.25) is 14.3 Å². The summed E-state index contributed by atoms with van der Waals surface area (Å²) in [7, 11) is 0. The van der Waals surface area contributed by atoms with E-state index in [-0.39, 0.29) is 13.2 Å². The Morgan fingerprint density at radius 1 is 1.29 bits per heavy atom. The molecule has 9 heteroatoms. The van der Waals surface area contributed by atoms with E-state index in [4.69, 9.17) is 18.9 Å². The number of unbranched alkanes of at least 4 members (excludes halogenated alkanes) is 2. The fourth-order valence-corrected chi connectivity index (χ4v) is 3.62. The van der Waals surface area contributed by atoms with Crippen LogP contribution in [0.5, 0.6) is 0 Å². The lowest BCUT2D eigenvalue weighted by atomic mass is 9.90. The van der Waals surface area contributed by atoms with Crippen LogP contribution in [-0.4, -0.2) is 60.0 Å². The molecule has 0 radical (unpaired) electrons. The third kappa shape index (κ3) is 3.94. The zero-order valence-corrected chi connectivity index (χ0v) is 16.4. The minimum absolute atomic E-state index is 0.00000551. The predicted octanol–water partition coefficient (Wildman–Crippen LogP) is 1.54. The number of nitrogens with one attached hydrogen (secondary N) is 1. The Morgan fingerprint density at radius 2 is 2.00 bits per heavy atom. The van der Waals surface area contributed by atoms with Crippen LogP contribution in [0.3, 0.4) is 0 Å². The van der Waals surface area contributed by atoms with Crippen molar-refractivity contribution in [2.45, 2.75) is 63.1 Å². The van der Waals surface area contributed by atoms with E-state index >= 15 is 0 Å². The highest BCUT2D eigenvalue weighted by molar-refractivity contribution is 5.18. The van der Waals surface area contributed by atoms with Gasteiger partial charge in [0.05, 0.1) is 13.2 Å². The van der Waals surface area contributed by atoms with Crippen LogP contribution in [-0.2, 0) is 18.9 Å². The fourth-order valence-electron chi connectivity index (χ4n) is 3.62. The number of aromatic amines is 1. The molecule has 0 aromatic carbocycles. The number of epoxide rings is 1. The van der Waals surface area contributed by atoms with Crippen molar-refractivity contribution in [1.29, 1.82) is 0 Å². The first-order valence-corrected chi connectivity index (χ1v) is 9.91. The van der Waals surface area contributed by atoms with E-state index in [0.29, 0.717) is 13.2 Å². The molecule has 1 aromatic rings. The van der Waals surface area contributed by atoms with Crippen LogP contribution in [0.4, 0.5) is 4.39 Å². The Kier molecular flexibility index (Phi) is 6.69. The molecular formula is C19H29FN2O6. The maximum absolute atomic E-state index is 14.4. The number of halogens is 1. The highest BCUT2D eigenvalue weighted by Gasteiger charge is 2.73. The zero-order chi connectivity index (χ0) is 20.2. The van der Waals surface area contributed by atoms with Crippen molar-refractivity contribution >= 4 is 0 Å². The van der Waals surface area contributed by atoms with E-state index in [1.807, 2.05) is 13.8 Å². The normalized spacial score (nSPS) is 31.5.